The van der Waals surface area contributed by atoms with Crippen LogP contribution >= 0.6 is 0 Å². The highest BCUT2D eigenvalue weighted by atomic mass is 16.6. The van der Waals surface area contributed by atoms with Gasteiger partial charge in [0.2, 0.25) is 5.52 Å². The highest BCUT2D eigenvalue weighted by Crippen LogP contribution is 2.25. The SMILES string of the molecule is CCCc1ccc([N+](=O)[O-])c2nonc12.CN. The fourth-order valence-electron chi connectivity index (χ4n) is 1.52. The normalized spacial score (nSPS) is 9.82. The molecular weight excluding hydrogens is 224 g/mol. The van der Waals surface area contributed by atoms with Crippen molar-refractivity contribution in [1.82, 2.24) is 10.3 Å². The van der Waals surface area contributed by atoms with Gasteiger partial charge >= 0.3 is 5.69 Å². The minimum Gasteiger partial charge on any atom is -0.333 e. The fraction of sp³-hybridized carbons (Fsp3) is 0.400. The van der Waals surface area contributed by atoms with E-state index in [4.69, 9.17) is 0 Å². The van der Waals surface area contributed by atoms with Crippen molar-refractivity contribution in [2.24, 2.45) is 5.73 Å². The zero-order valence-electron chi connectivity index (χ0n) is 9.71. The van der Waals surface area contributed by atoms with E-state index in [0.29, 0.717) is 5.52 Å². The maximum absolute atomic E-state index is 10.7. The lowest BCUT2D eigenvalue weighted by atomic mass is 10.1. The summed E-state index contributed by atoms with van der Waals surface area (Å²) in [5.74, 6) is 0. The van der Waals surface area contributed by atoms with Gasteiger partial charge in [-0.15, -0.1) is 0 Å². The molecule has 0 spiro atoms. The molecule has 0 saturated heterocycles. The molecule has 0 unspecified atom stereocenters. The van der Waals surface area contributed by atoms with Gasteiger partial charge < -0.3 is 5.73 Å². The van der Waals surface area contributed by atoms with E-state index in [-0.39, 0.29) is 11.2 Å². The lowest BCUT2D eigenvalue weighted by Crippen LogP contribution is -1.92. The maximum atomic E-state index is 10.7. The molecule has 2 rings (SSSR count). The highest BCUT2D eigenvalue weighted by Gasteiger charge is 2.18. The van der Waals surface area contributed by atoms with Gasteiger partial charge in [-0.1, -0.05) is 13.3 Å². The number of fused-ring (bicyclic) bond motifs is 1. The molecule has 0 fully saturated rings. The molecule has 2 aromatic rings. The Morgan fingerprint density at radius 1 is 1.35 bits per heavy atom. The number of aryl methyl sites for hydroxylation is 1. The first kappa shape index (κ1) is 13.0. The van der Waals surface area contributed by atoms with Gasteiger partial charge in [-0.2, -0.15) is 0 Å². The van der Waals surface area contributed by atoms with Crippen molar-refractivity contribution in [2.45, 2.75) is 19.8 Å². The smallest absolute Gasteiger partial charge is 0.300 e. The molecule has 7 heteroatoms. The van der Waals surface area contributed by atoms with Crippen molar-refractivity contribution >= 4 is 16.7 Å². The number of nitro groups is 1. The van der Waals surface area contributed by atoms with Crippen molar-refractivity contribution in [2.75, 3.05) is 7.05 Å². The average Bonchev–Trinajstić information content (AvgIpc) is 2.81. The van der Waals surface area contributed by atoms with E-state index in [0.717, 1.165) is 18.4 Å². The van der Waals surface area contributed by atoms with E-state index >= 15 is 0 Å². The van der Waals surface area contributed by atoms with Crippen molar-refractivity contribution in [1.29, 1.82) is 0 Å². The summed E-state index contributed by atoms with van der Waals surface area (Å²) in [7, 11) is 1.50. The topological polar surface area (TPSA) is 108 Å². The molecule has 1 aromatic carbocycles. The second kappa shape index (κ2) is 5.90. The summed E-state index contributed by atoms with van der Waals surface area (Å²) in [5, 5.41) is 17.9. The van der Waals surface area contributed by atoms with Gasteiger partial charge in [-0.05, 0) is 35.4 Å². The van der Waals surface area contributed by atoms with Crippen LogP contribution in [0.2, 0.25) is 0 Å². The Bertz CT molecular complexity index is 509. The first-order valence-corrected chi connectivity index (χ1v) is 5.20. The third-order valence-corrected chi connectivity index (χ3v) is 2.19. The highest BCUT2D eigenvalue weighted by molar-refractivity contribution is 5.85. The molecule has 0 amide bonds. The third-order valence-electron chi connectivity index (χ3n) is 2.19. The van der Waals surface area contributed by atoms with Crippen LogP contribution in [-0.4, -0.2) is 22.3 Å². The Hall–Kier alpha value is -2.02. The Labute approximate surface area is 97.7 Å². The van der Waals surface area contributed by atoms with Crippen LogP contribution < -0.4 is 5.73 Å². The molecule has 0 aliphatic heterocycles. The van der Waals surface area contributed by atoms with Gasteiger partial charge in [0.1, 0.15) is 5.52 Å². The molecule has 2 N–H and O–H groups in total. The molecule has 0 aliphatic carbocycles. The zero-order chi connectivity index (χ0) is 12.8. The quantitative estimate of drug-likeness (QED) is 0.643. The van der Waals surface area contributed by atoms with Crippen LogP contribution in [0.5, 0.6) is 0 Å². The Balaban J connectivity index is 0.000000686. The fourth-order valence-corrected chi connectivity index (χ4v) is 1.52. The van der Waals surface area contributed by atoms with Gasteiger partial charge in [-0.3, -0.25) is 10.1 Å². The molecule has 7 nitrogen and oxygen atoms in total. The summed E-state index contributed by atoms with van der Waals surface area (Å²) < 4.78 is 4.54. The molecular formula is C10H14N4O3. The number of hydrogen-bond donors (Lipinski definition) is 1. The van der Waals surface area contributed by atoms with E-state index < -0.39 is 4.92 Å². The molecule has 0 bridgehead atoms. The summed E-state index contributed by atoms with van der Waals surface area (Å²) in [5.41, 5.74) is 6.09. The van der Waals surface area contributed by atoms with Gasteiger partial charge in [-0.25, -0.2) is 4.63 Å². The standard InChI is InChI=1S/C9H9N3O3.CH5N/c1-2-3-6-4-5-7(12(13)14)9-8(6)10-15-11-9;1-2/h4-5H,2-3H2,1H3;2H2,1H3. The van der Waals surface area contributed by atoms with Crippen molar-refractivity contribution in [3.8, 4) is 0 Å². The number of aromatic nitrogens is 2. The van der Waals surface area contributed by atoms with Gasteiger partial charge in [0.15, 0.2) is 0 Å². The predicted molar refractivity (Wildman–Crippen MR) is 62.6 cm³/mol. The zero-order valence-corrected chi connectivity index (χ0v) is 9.71. The first-order valence-electron chi connectivity index (χ1n) is 5.20. The molecule has 1 aromatic heterocycles. The number of rotatable bonds is 3. The predicted octanol–water partition coefficient (Wildman–Crippen LogP) is 1.66. The Morgan fingerprint density at radius 2 is 2.00 bits per heavy atom. The number of nitro benzene ring substituents is 1. The lowest BCUT2D eigenvalue weighted by molar-refractivity contribution is -0.383. The Morgan fingerprint density at radius 3 is 2.59 bits per heavy atom. The van der Waals surface area contributed by atoms with E-state index in [1.807, 2.05) is 6.92 Å². The second-order valence-electron chi connectivity index (χ2n) is 3.21. The molecule has 1 heterocycles. The summed E-state index contributed by atoms with van der Waals surface area (Å²) >= 11 is 0. The summed E-state index contributed by atoms with van der Waals surface area (Å²) in [4.78, 5) is 10.2. The number of non-ortho nitro benzene ring substituents is 1. The summed E-state index contributed by atoms with van der Waals surface area (Å²) in [6, 6.07) is 3.14. The van der Waals surface area contributed by atoms with Crippen LogP contribution in [0, 0.1) is 10.1 Å². The molecule has 0 atom stereocenters. The van der Waals surface area contributed by atoms with Crippen LogP contribution in [0.25, 0.3) is 11.0 Å². The lowest BCUT2D eigenvalue weighted by Gasteiger charge is -1.97. The van der Waals surface area contributed by atoms with Gasteiger partial charge in [0.25, 0.3) is 0 Å². The van der Waals surface area contributed by atoms with Crippen LogP contribution in [0.4, 0.5) is 5.69 Å². The third kappa shape index (κ3) is 2.56. The van der Waals surface area contributed by atoms with Gasteiger partial charge in [0.05, 0.1) is 4.92 Å². The van der Waals surface area contributed by atoms with Crippen LogP contribution in [-0.2, 0) is 6.42 Å². The molecule has 0 aliphatic rings. The molecule has 0 radical (unpaired) electrons. The molecule has 92 valence electrons. The number of nitrogens with zero attached hydrogens (tertiary/aromatic N) is 3. The maximum Gasteiger partial charge on any atom is 0.300 e. The minimum atomic E-state index is -0.484. The van der Waals surface area contributed by atoms with E-state index in [9.17, 15) is 10.1 Å². The average molecular weight is 238 g/mol. The number of benzene rings is 1. The van der Waals surface area contributed by atoms with E-state index in [1.54, 1.807) is 6.07 Å². The second-order valence-corrected chi connectivity index (χ2v) is 3.21. The van der Waals surface area contributed by atoms with E-state index in [1.165, 1.54) is 13.1 Å². The minimum absolute atomic E-state index is 0.0638. The largest absolute Gasteiger partial charge is 0.333 e. The number of hydrogen-bond acceptors (Lipinski definition) is 6. The van der Waals surface area contributed by atoms with Crippen LogP contribution in [0.15, 0.2) is 16.8 Å². The molecule has 0 saturated carbocycles. The molecule has 17 heavy (non-hydrogen) atoms. The van der Waals surface area contributed by atoms with E-state index in [2.05, 4.69) is 20.7 Å². The first-order chi connectivity index (χ1) is 8.24. The van der Waals surface area contributed by atoms with Crippen LogP contribution in [0.1, 0.15) is 18.9 Å². The van der Waals surface area contributed by atoms with Crippen molar-refractivity contribution < 1.29 is 9.55 Å². The van der Waals surface area contributed by atoms with Gasteiger partial charge in [0, 0.05) is 6.07 Å². The summed E-state index contributed by atoms with van der Waals surface area (Å²) in [6.45, 7) is 2.03. The monoisotopic (exact) mass is 238 g/mol. The number of nitrogens with two attached hydrogens (primary N) is 1. The van der Waals surface area contributed by atoms with Crippen molar-refractivity contribution in [3.05, 3.63) is 27.8 Å². The Kier molecular flexibility index (Phi) is 4.53. The summed E-state index contributed by atoms with van der Waals surface area (Å²) in [6.07, 6.45) is 1.75. The van der Waals surface area contributed by atoms with Crippen LogP contribution in [0.3, 0.4) is 0 Å². The van der Waals surface area contributed by atoms with Crippen molar-refractivity contribution in [3.63, 3.8) is 0 Å².